The first kappa shape index (κ1) is 13.6. The van der Waals surface area contributed by atoms with Crippen LogP contribution in [-0.4, -0.2) is 16.0 Å². The Balaban J connectivity index is 2.38. The molecule has 98 valence electrons. The predicted molar refractivity (Wildman–Crippen MR) is 76.0 cm³/mol. The van der Waals surface area contributed by atoms with Crippen LogP contribution in [0.5, 0.6) is 11.5 Å². The van der Waals surface area contributed by atoms with E-state index >= 15 is 0 Å². The number of halogens is 2. The van der Waals surface area contributed by atoms with Crippen molar-refractivity contribution in [3.05, 3.63) is 51.7 Å². The summed E-state index contributed by atoms with van der Waals surface area (Å²) in [6.07, 6.45) is 2.98. The summed E-state index contributed by atoms with van der Waals surface area (Å²) in [6, 6.07) is 6.78. The molecule has 1 heterocycles. The summed E-state index contributed by atoms with van der Waals surface area (Å²) in [6.45, 7) is 0. The molecule has 0 unspecified atom stereocenters. The number of nitrogens with zero attached hydrogens (tertiary/aromatic N) is 2. The van der Waals surface area contributed by atoms with Crippen molar-refractivity contribution in [3.63, 3.8) is 0 Å². The standard InChI is InChI=1S/C12H9BrClN3O2/c13-7-1-2-10(9(14)5-7)19-11-6-16-4-3-8(11)12(15)17-18/h1-6,18H,(H2,15,17). The van der Waals surface area contributed by atoms with Crippen LogP contribution in [-0.2, 0) is 0 Å². The van der Waals surface area contributed by atoms with Crippen LogP contribution in [0, 0.1) is 0 Å². The van der Waals surface area contributed by atoms with E-state index in [1.54, 1.807) is 24.3 Å². The summed E-state index contributed by atoms with van der Waals surface area (Å²) in [5, 5.41) is 12.1. The van der Waals surface area contributed by atoms with E-state index in [0.29, 0.717) is 22.1 Å². The number of hydrogen-bond acceptors (Lipinski definition) is 4. The van der Waals surface area contributed by atoms with Gasteiger partial charge in [-0.1, -0.05) is 32.7 Å². The third-order valence-electron chi connectivity index (χ3n) is 2.28. The number of oxime groups is 1. The maximum absolute atomic E-state index is 8.72. The summed E-state index contributed by atoms with van der Waals surface area (Å²) >= 11 is 9.37. The Bertz CT molecular complexity index is 634. The Morgan fingerprint density at radius 2 is 2.16 bits per heavy atom. The number of nitrogens with two attached hydrogens (primary N) is 1. The second-order valence-electron chi connectivity index (χ2n) is 3.53. The number of aromatic nitrogens is 1. The van der Waals surface area contributed by atoms with Crippen molar-refractivity contribution in [2.24, 2.45) is 10.9 Å². The highest BCUT2D eigenvalue weighted by atomic mass is 79.9. The topological polar surface area (TPSA) is 80.7 Å². The third-order valence-corrected chi connectivity index (χ3v) is 3.07. The van der Waals surface area contributed by atoms with Crippen LogP contribution in [0.4, 0.5) is 0 Å². The van der Waals surface area contributed by atoms with Gasteiger partial charge >= 0.3 is 0 Å². The largest absolute Gasteiger partial charge is 0.453 e. The van der Waals surface area contributed by atoms with E-state index in [9.17, 15) is 0 Å². The molecule has 0 fully saturated rings. The molecule has 0 spiro atoms. The Morgan fingerprint density at radius 1 is 1.37 bits per heavy atom. The predicted octanol–water partition coefficient (Wildman–Crippen LogP) is 3.38. The highest BCUT2D eigenvalue weighted by Gasteiger charge is 2.11. The minimum absolute atomic E-state index is 0.0642. The Morgan fingerprint density at radius 3 is 2.84 bits per heavy atom. The monoisotopic (exact) mass is 341 g/mol. The Kier molecular flexibility index (Phi) is 4.24. The van der Waals surface area contributed by atoms with Gasteiger partial charge in [-0.25, -0.2) is 0 Å². The lowest BCUT2D eigenvalue weighted by Crippen LogP contribution is -2.14. The van der Waals surface area contributed by atoms with E-state index in [-0.39, 0.29) is 5.84 Å². The van der Waals surface area contributed by atoms with Crippen LogP contribution in [0.1, 0.15) is 5.56 Å². The van der Waals surface area contributed by atoms with Crippen molar-refractivity contribution in [1.82, 2.24) is 4.98 Å². The quantitative estimate of drug-likeness (QED) is 0.388. The molecule has 0 saturated carbocycles. The molecule has 0 aliphatic rings. The lowest BCUT2D eigenvalue weighted by Gasteiger charge is -2.10. The maximum atomic E-state index is 8.72. The first-order chi connectivity index (χ1) is 9.11. The van der Waals surface area contributed by atoms with Gasteiger partial charge in [0.05, 0.1) is 16.8 Å². The molecule has 1 aromatic carbocycles. The average Bonchev–Trinajstić information content (AvgIpc) is 2.41. The van der Waals surface area contributed by atoms with Crippen molar-refractivity contribution < 1.29 is 9.94 Å². The highest BCUT2D eigenvalue weighted by molar-refractivity contribution is 9.10. The fourth-order valence-corrected chi connectivity index (χ4v) is 2.12. The molecule has 0 amide bonds. The van der Waals surface area contributed by atoms with Gasteiger partial charge in [-0.3, -0.25) is 4.98 Å². The van der Waals surface area contributed by atoms with Crippen LogP contribution < -0.4 is 10.5 Å². The van der Waals surface area contributed by atoms with E-state index in [1.165, 1.54) is 12.4 Å². The van der Waals surface area contributed by atoms with Gasteiger partial charge in [-0.2, -0.15) is 0 Å². The number of pyridine rings is 1. The van der Waals surface area contributed by atoms with Gasteiger partial charge in [0.15, 0.2) is 11.6 Å². The minimum atomic E-state index is -0.0642. The first-order valence-corrected chi connectivity index (χ1v) is 6.33. The number of rotatable bonds is 3. The van der Waals surface area contributed by atoms with Crippen LogP contribution in [0.3, 0.4) is 0 Å². The smallest absolute Gasteiger partial charge is 0.173 e. The normalized spacial score (nSPS) is 11.4. The molecule has 1 aromatic heterocycles. The molecular formula is C12H9BrClN3O2. The number of amidine groups is 1. The van der Waals surface area contributed by atoms with Crippen molar-refractivity contribution in [1.29, 1.82) is 0 Å². The average molecular weight is 343 g/mol. The third kappa shape index (κ3) is 3.15. The molecule has 7 heteroatoms. The van der Waals surface area contributed by atoms with Crippen LogP contribution >= 0.6 is 27.5 Å². The molecule has 0 aliphatic carbocycles. The summed E-state index contributed by atoms with van der Waals surface area (Å²) in [4.78, 5) is 3.94. The van der Waals surface area contributed by atoms with Gasteiger partial charge in [0.1, 0.15) is 5.75 Å². The van der Waals surface area contributed by atoms with Crippen molar-refractivity contribution in [2.75, 3.05) is 0 Å². The molecular weight excluding hydrogens is 334 g/mol. The highest BCUT2D eigenvalue weighted by Crippen LogP contribution is 2.32. The minimum Gasteiger partial charge on any atom is -0.453 e. The summed E-state index contributed by atoms with van der Waals surface area (Å²) in [7, 11) is 0. The fraction of sp³-hybridized carbons (Fsp3) is 0. The van der Waals surface area contributed by atoms with E-state index in [1.807, 2.05) is 0 Å². The van der Waals surface area contributed by atoms with Gasteiger partial charge in [-0.15, -0.1) is 0 Å². The molecule has 0 radical (unpaired) electrons. The van der Waals surface area contributed by atoms with E-state index in [2.05, 4.69) is 26.1 Å². The van der Waals surface area contributed by atoms with E-state index < -0.39 is 0 Å². The first-order valence-electron chi connectivity index (χ1n) is 5.16. The second-order valence-corrected chi connectivity index (χ2v) is 4.86. The van der Waals surface area contributed by atoms with Crippen molar-refractivity contribution in [2.45, 2.75) is 0 Å². The summed E-state index contributed by atoms with van der Waals surface area (Å²) in [5.74, 6) is 0.734. The number of ether oxygens (including phenoxy) is 1. The Labute approximate surface area is 122 Å². The molecule has 2 aromatic rings. The van der Waals surface area contributed by atoms with Gasteiger partial charge in [0.2, 0.25) is 0 Å². The SMILES string of the molecule is N/C(=N/O)c1ccncc1Oc1ccc(Br)cc1Cl. The molecule has 2 rings (SSSR count). The van der Waals surface area contributed by atoms with Crippen LogP contribution in [0.15, 0.2) is 46.3 Å². The number of hydrogen-bond donors (Lipinski definition) is 2. The Hall–Kier alpha value is -1.79. The molecule has 0 aliphatic heterocycles. The molecule has 0 bridgehead atoms. The molecule has 0 saturated heterocycles. The summed E-state index contributed by atoms with van der Waals surface area (Å²) < 4.78 is 6.47. The maximum Gasteiger partial charge on any atom is 0.173 e. The van der Waals surface area contributed by atoms with Crippen LogP contribution in [0.25, 0.3) is 0 Å². The van der Waals surface area contributed by atoms with Crippen molar-refractivity contribution >= 4 is 33.4 Å². The second kappa shape index (κ2) is 5.90. The van der Waals surface area contributed by atoms with Crippen molar-refractivity contribution in [3.8, 4) is 11.5 Å². The van der Waals surface area contributed by atoms with Gasteiger partial charge in [-0.05, 0) is 24.3 Å². The zero-order chi connectivity index (χ0) is 13.8. The van der Waals surface area contributed by atoms with E-state index in [4.69, 9.17) is 27.3 Å². The zero-order valence-electron chi connectivity index (χ0n) is 9.55. The summed E-state index contributed by atoms with van der Waals surface area (Å²) in [5.41, 5.74) is 5.99. The lowest BCUT2D eigenvalue weighted by molar-refractivity contribution is 0.318. The van der Waals surface area contributed by atoms with Gasteiger partial charge in [0, 0.05) is 10.7 Å². The zero-order valence-corrected chi connectivity index (χ0v) is 11.9. The molecule has 19 heavy (non-hydrogen) atoms. The number of benzene rings is 1. The molecule has 0 atom stereocenters. The molecule has 5 nitrogen and oxygen atoms in total. The van der Waals surface area contributed by atoms with Gasteiger partial charge < -0.3 is 15.7 Å². The fourth-order valence-electron chi connectivity index (χ4n) is 1.40. The molecule has 3 N–H and O–H groups in total. The van der Waals surface area contributed by atoms with Gasteiger partial charge in [0.25, 0.3) is 0 Å². The lowest BCUT2D eigenvalue weighted by atomic mass is 10.2. The van der Waals surface area contributed by atoms with Crippen LogP contribution in [0.2, 0.25) is 5.02 Å². The van der Waals surface area contributed by atoms with E-state index in [0.717, 1.165) is 4.47 Å².